The van der Waals surface area contributed by atoms with E-state index in [-0.39, 0.29) is 0 Å². The van der Waals surface area contributed by atoms with Crippen LogP contribution in [0.1, 0.15) is 37.7 Å². The molecule has 3 rings (SSSR count). The van der Waals surface area contributed by atoms with Gasteiger partial charge in [0, 0.05) is 24.6 Å². The van der Waals surface area contributed by atoms with Crippen molar-refractivity contribution in [2.24, 2.45) is 0 Å². The summed E-state index contributed by atoms with van der Waals surface area (Å²) < 4.78 is 10.7. The highest BCUT2D eigenvalue weighted by Gasteiger charge is 2.36. The lowest BCUT2D eigenvalue weighted by atomic mass is 9.78. The van der Waals surface area contributed by atoms with Crippen molar-refractivity contribution in [1.82, 2.24) is 5.32 Å². The topological polar surface area (TPSA) is 30.5 Å². The molecule has 20 heavy (non-hydrogen) atoms. The lowest BCUT2D eigenvalue weighted by molar-refractivity contribution is 0.188. The van der Waals surface area contributed by atoms with E-state index in [9.17, 15) is 0 Å². The minimum Gasteiger partial charge on any atom is -0.497 e. The van der Waals surface area contributed by atoms with Gasteiger partial charge in [-0.3, -0.25) is 0 Å². The van der Waals surface area contributed by atoms with Crippen LogP contribution in [0.3, 0.4) is 0 Å². The Balaban J connectivity index is 1.72. The first-order chi connectivity index (χ1) is 9.82. The summed E-state index contributed by atoms with van der Waals surface area (Å²) in [6.07, 6.45) is 6.42. The van der Waals surface area contributed by atoms with Crippen LogP contribution in [0, 0.1) is 0 Å². The van der Waals surface area contributed by atoms with Crippen LogP contribution in [0.4, 0.5) is 0 Å². The van der Waals surface area contributed by atoms with Gasteiger partial charge < -0.3 is 14.8 Å². The first kappa shape index (κ1) is 13.9. The van der Waals surface area contributed by atoms with Gasteiger partial charge in [0.1, 0.15) is 5.75 Å². The van der Waals surface area contributed by atoms with Crippen LogP contribution >= 0.6 is 0 Å². The fourth-order valence-electron chi connectivity index (χ4n) is 3.60. The largest absolute Gasteiger partial charge is 0.497 e. The zero-order valence-corrected chi connectivity index (χ0v) is 12.4. The second-order valence-corrected chi connectivity index (χ2v) is 6.16. The van der Waals surface area contributed by atoms with Gasteiger partial charge in [0.25, 0.3) is 0 Å². The predicted molar refractivity (Wildman–Crippen MR) is 80.4 cm³/mol. The SMILES string of the molecule is COc1ccc(C2(CN[C@H]3CCOC3)CCCC2)cc1. The molecule has 1 saturated heterocycles. The van der Waals surface area contributed by atoms with Gasteiger partial charge >= 0.3 is 0 Å². The average Bonchev–Trinajstić information content (AvgIpc) is 3.17. The molecule has 0 amide bonds. The molecule has 1 heterocycles. The number of nitrogens with one attached hydrogen (secondary N) is 1. The van der Waals surface area contributed by atoms with E-state index in [0.29, 0.717) is 11.5 Å². The van der Waals surface area contributed by atoms with Crippen LogP contribution in [0.15, 0.2) is 24.3 Å². The Morgan fingerprint density at radius 1 is 1.25 bits per heavy atom. The summed E-state index contributed by atoms with van der Waals surface area (Å²) in [5, 5.41) is 3.74. The summed E-state index contributed by atoms with van der Waals surface area (Å²) >= 11 is 0. The Labute approximate surface area is 121 Å². The molecule has 0 radical (unpaired) electrons. The van der Waals surface area contributed by atoms with Crippen molar-refractivity contribution in [3.63, 3.8) is 0 Å². The molecule has 1 aliphatic carbocycles. The van der Waals surface area contributed by atoms with Crippen molar-refractivity contribution >= 4 is 0 Å². The Kier molecular flexibility index (Phi) is 4.27. The Morgan fingerprint density at radius 2 is 2.00 bits per heavy atom. The van der Waals surface area contributed by atoms with Crippen molar-refractivity contribution in [2.45, 2.75) is 43.6 Å². The maximum absolute atomic E-state index is 5.46. The van der Waals surface area contributed by atoms with E-state index in [0.717, 1.165) is 31.9 Å². The van der Waals surface area contributed by atoms with E-state index in [2.05, 4.69) is 29.6 Å². The van der Waals surface area contributed by atoms with Crippen LogP contribution in [-0.4, -0.2) is 32.9 Å². The van der Waals surface area contributed by atoms with E-state index in [4.69, 9.17) is 9.47 Å². The molecule has 3 heteroatoms. The monoisotopic (exact) mass is 275 g/mol. The van der Waals surface area contributed by atoms with Crippen molar-refractivity contribution in [2.75, 3.05) is 26.9 Å². The van der Waals surface area contributed by atoms with Gasteiger partial charge in [0.05, 0.1) is 13.7 Å². The quantitative estimate of drug-likeness (QED) is 0.896. The third-order valence-electron chi connectivity index (χ3n) is 4.92. The highest BCUT2D eigenvalue weighted by atomic mass is 16.5. The van der Waals surface area contributed by atoms with Gasteiger partial charge in [-0.15, -0.1) is 0 Å². The van der Waals surface area contributed by atoms with E-state index in [1.807, 2.05) is 0 Å². The van der Waals surface area contributed by atoms with Crippen LogP contribution < -0.4 is 10.1 Å². The zero-order chi connectivity index (χ0) is 13.8. The maximum Gasteiger partial charge on any atom is 0.118 e. The number of hydrogen-bond acceptors (Lipinski definition) is 3. The smallest absolute Gasteiger partial charge is 0.118 e. The Morgan fingerprint density at radius 3 is 2.60 bits per heavy atom. The molecular formula is C17H25NO2. The predicted octanol–water partition coefficient (Wildman–Crippen LogP) is 2.89. The van der Waals surface area contributed by atoms with Crippen LogP contribution in [0.2, 0.25) is 0 Å². The van der Waals surface area contributed by atoms with Crippen LogP contribution in [0.5, 0.6) is 5.75 Å². The van der Waals surface area contributed by atoms with E-state index >= 15 is 0 Å². The zero-order valence-electron chi connectivity index (χ0n) is 12.4. The molecule has 3 nitrogen and oxygen atoms in total. The standard InChI is InChI=1S/C17H25NO2/c1-19-16-6-4-14(5-7-16)17(9-2-3-10-17)13-18-15-8-11-20-12-15/h4-7,15,18H,2-3,8-13H2,1H3/t15-/m0/s1. The van der Waals surface area contributed by atoms with Gasteiger partial charge in [-0.25, -0.2) is 0 Å². The van der Waals surface area contributed by atoms with Gasteiger partial charge in [0.15, 0.2) is 0 Å². The number of methoxy groups -OCH3 is 1. The molecule has 0 unspecified atom stereocenters. The fraction of sp³-hybridized carbons (Fsp3) is 0.647. The third-order valence-corrected chi connectivity index (χ3v) is 4.92. The van der Waals surface area contributed by atoms with Gasteiger partial charge in [-0.1, -0.05) is 25.0 Å². The minimum absolute atomic E-state index is 0.314. The Bertz CT molecular complexity index is 417. The van der Waals surface area contributed by atoms with Crippen molar-refractivity contribution < 1.29 is 9.47 Å². The molecule has 2 fully saturated rings. The normalized spacial score (nSPS) is 24.9. The molecule has 1 aromatic carbocycles. The van der Waals surface area contributed by atoms with E-state index in [1.54, 1.807) is 7.11 Å². The van der Waals surface area contributed by atoms with Crippen LogP contribution in [0.25, 0.3) is 0 Å². The second-order valence-electron chi connectivity index (χ2n) is 6.16. The number of ether oxygens (including phenoxy) is 2. The summed E-state index contributed by atoms with van der Waals surface area (Å²) in [7, 11) is 1.72. The molecule has 1 aromatic rings. The van der Waals surface area contributed by atoms with Crippen molar-refractivity contribution in [3.05, 3.63) is 29.8 Å². The summed E-state index contributed by atoms with van der Waals surface area (Å²) in [5.74, 6) is 0.944. The summed E-state index contributed by atoms with van der Waals surface area (Å²) in [5.41, 5.74) is 1.77. The number of benzene rings is 1. The second kappa shape index (κ2) is 6.15. The first-order valence-corrected chi connectivity index (χ1v) is 7.78. The van der Waals surface area contributed by atoms with Crippen molar-refractivity contribution in [1.29, 1.82) is 0 Å². The molecule has 1 N–H and O–H groups in total. The first-order valence-electron chi connectivity index (χ1n) is 7.78. The number of hydrogen-bond donors (Lipinski definition) is 1. The fourth-order valence-corrected chi connectivity index (χ4v) is 3.60. The van der Waals surface area contributed by atoms with Gasteiger partial charge in [0.2, 0.25) is 0 Å². The highest BCUT2D eigenvalue weighted by molar-refractivity contribution is 5.33. The molecule has 0 spiro atoms. The van der Waals surface area contributed by atoms with E-state index in [1.165, 1.54) is 31.2 Å². The Hall–Kier alpha value is -1.06. The lowest BCUT2D eigenvalue weighted by Crippen LogP contribution is -2.41. The molecule has 1 saturated carbocycles. The summed E-state index contributed by atoms with van der Waals surface area (Å²) in [6.45, 7) is 2.86. The van der Waals surface area contributed by atoms with Gasteiger partial charge in [-0.2, -0.15) is 0 Å². The van der Waals surface area contributed by atoms with Gasteiger partial charge in [-0.05, 0) is 37.0 Å². The summed E-state index contributed by atoms with van der Waals surface area (Å²) in [4.78, 5) is 0. The maximum atomic E-state index is 5.46. The molecule has 110 valence electrons. The lowest BCUT2D eigenvalue weighted by Gasteiger charge is -2.31. The molecule has 1 aliphatic heterocycles. The molecule has 0 bridgehead atoms. The number of rotatable bonds is 5. The molecule has 0 aromatic heterocycles. The van der Waals surface area contributed by atoms with Crippen LogP contribution in [-0.2, 0) is 10.2 Å². The third kappa shape index (κ3) is 2.84. The molecular weight excluding hydrogens is 250 g/mol. The van der Waals surface area contributed by atoms with E-state index < -0.39 is 0 Å². The minimum atomic E-state index is 0.314. The summed E-state index contributed by atoms with van der Waals surface area (Å²) in [6, 6.07) is 9.22. The molecule has 2 aliphatic rings. The van der Waals surface area contributed by atoms with Crippen molar-refractivity contribution in [3.8, 4) is 5.75 Å². The molecule has 1 atom stereocenters. The highest BCUT2D eigenvalue weighted by Crippen LogP contribution is 2.41. The average molecular weight is 275 g/mol.